The lowest BCUT2D eigenvalue weighted by Crippen LogP contribution is -2.21. The van der Waals surface area contributed by atoms with Gasteiger partial charge in [-0.15, -0.1) is 0 Å². The first kappa shape index (κ1) is 14.0. The van der Waals surface area contributed by atoms with Crippen molar-refractivity contribution in [3.05, 3.63) is 18.0 Å². The van der Waals surface area contributed by atoms with Gasteiger partial charge in [-0.1, -0.05) is 0 Å². The molecule has 4 nitrogen and oxygen atoms in total. The number of nitrogens with zero attached hydrogens (tertiary/aromatic N) is 2. The van der Waals surface area contributed by atoms with Crippen LogP contribution < -0.4 is 5.32 Å². The molecule has 1 aromatic heterocycles. The summed E-state index contributed by atoms with van der Waals surface area (Å²) in [5.41, 5.74) is -0.843. The standard InChI is InChI=1S/C10H16F3N3O/c1-17-8-5-14-4-2-6-16-7-3-9(15-16)10(11,12)13/h3,7,14H,2,4-6,8H2,1H3. The van der Waals surface area contributed by atoms with E-state index in [1.54, 1.807) is 7.11 Å². The van der Waals surface area contributed by atoms with Crippen molar-refractivity contribution in [1.82, 2.24) is 15.1 Å². The van der Waals surface area contributed by atoms with Crippen molar-refractivity contribution < 1.29 is 17.9 Å². The average Bonchev–Trinajstić information content (AvgIpc) is 2.71. The number of methoxy groups -OCH3 is 1. The lowest BCUT2D eigenvalue weighted by molar-refractivity contribution is -0.141. The van der Waals surface area contributed by atoms with Gasteiger partial charge in [0, 0.05) is 26.4 Å². The van der Waals surface area contributed by atoms with Gasteiger partial charge in [-0.2, -0.15) is 18.3 Å². The predicted octanol–water partition coefficient (Wildman–Crippen LogP) is 1.53. The van der Waals surface area contributed by atoms with Crippen molar-refractivity contribution >= 4 is 0 Å². The summed E-state index contributed by atoms with van der Waals surface area (Å²) in [5, 5.41) is 6.56. The fraction of sp³-hybridized carbons (Fsp3) is 0.700. The molecule has 0 radical (unpaired) electrons. The lowest BCUT2D eigenvalue weighted by Gasteiger charge is -2.04. The van der Waals surface area contributed by atoms with Crippen LogP contribution in [-0.2, 0) is 17.5 Å². The van der Waals surface area contributed by atoms with Crippen LogP contribution in [0.3, 0.4) is 0 Å². The highest BCUT2D eigenvalue weighted by Gasteiger charge is 2.33. The third kappa shape index (κ3) is 5.18. The second-order valence-corrected chi connectivity index (χ2v) is 3.56. The van der Waals surface area contributed by atoms with E-state index in [4.69, 9.17) is 4.74 Å². The van der Waals surface area contributed by atoms with Gasteiger partial charge < -0.3 is 10.1 Å². The van der Waals surface area contributed by atoms with Crippen LogP contribution in [0.25, 0.3) is 0 Å². The Labute approximate surface area is 97.8 Å². The van der Waals surface area contributed by atoms with Gasteiger partial charge >= 0.3 is 6.18 Å². The molecule has 0 amide bonds. The molecular formula is C10H16F3N3O. The summed E-state index contributed by atoms with van der Waals surface area (Å²) in [6, 6.07) is 0.984. The summed E-state index contributed by atoms with van der Waals surface area (Å²) < 4.78 is 42.8. The first-order chi connectivity index (χ1) is 8.04. The second kappa shape index (κ2) is 6.61. The van der Waals surface area contributed by atoms with Crippen molar-refractivity contribution in [2.24, 2.45) is 0 Å². The molecule has 1 N–H and O–H groups in total. The quantitative estimate of drug-likeness (QED) is 0.747. The van der Waals surface area contributed by atoms with Crippen molar-refractivity contribution in [1.29, 1.82) is 0 Å². The van der Waals surface area contributed by atoms with E-state index < -0.39 is 11.9 Å². The highest BCUT2D eigenvalue weighted by molar-refractivity contribution is 5.03. The third-order valence-corrected chi connectivity index (χ3v) is 2.15. The molecule has 0 aliphatic heterocycles. The Kier molecular flexibility index (Phi) is 5.43. The first-order valence-electron chi connectivity index (χ1n) is 5.34. The molecule has 98 valence electrons. The van der Waals surface area contributed by atoms with Gasteiger partial charge in [-0.25, -0.2) is 0 Å². The Morgan fingerprint density at radius 2 is 2.18 bits per heavy atom. The predicted molar refractivity (Wildman–Crippen MR) is 56.6 cm³/mol. The monoisotopic (exact) mass is 251 g/mol. The van der Waals surface area contributed by atoms with E-state index in [9.17, 15) is 13.2 Å². The third-order valence-electron chi connectivity index (χ3n) is 2.15. The number of halogens is 3. The summed E-state index contributed by atoms with van der Waals surface area (Å²) in [6.07, 6.45) is -2.29. The molecule has 0 saturated carbocycles. The van der Waals surface area contributed by atoms with E-state index in [0.717, 1.165) is 25.6 Å². The van der Waals surface area contributed by atoms with Crippen molar-refractivity contribution in [3.63, 3.8) is 0 Å². The average molecular weight is 251 g/mol. The van der Waals surface area contributed by atoms with Gasteiger partial charge in [0.15, 0.2) is 5.69 Å². The number of aromatic nitrogens is 2. The van der Waals surface area contributed by atoms with E-state index >= 15 is 0 Å². The van der Waals surface area contributed by atoms with Crippen LogP contribution in [0, 0.1) is 0 Å². The number of rotatable bonds is 7. The molecule has 1 heterocycles. The van der Waals surface area contributed by atoms with E-state index in [1.165, 1.54) is 10.9 Å². The number of hydrogen-bond acceptors (Lipinski definition) is 3. The van der Waals surface area contributed by atoms with E-state index in [0.29, 0.717) is 13.2 Å². The maximum Gasteiger partial charge on any atom is 0.435 e. The van der Waals surface area contributed by atoms with Crippen LogP contribution in [0.15, 0.2) is 12.3 Å². The molecule has 0 spiro atoms. The fourth-order valence-electron chi connectivity index (χ4n) is 1.30. The fourth-order valence-corrected chi connectivity index (χ4v) is 1.30. The SMILES string of the molecule is COCCNCCCn1ccc(C(F)(F)F)n1. The second-order valence-electron chi connectivity index (χ2n) is 3.56. The summed E-state index contributed by atoms with van der Waals surface area (Å²) >= 11 is 0. The lowest BCUT2D eigenvalue weighted by atomic mass is 10.4. The molecule has 0 fully saturated rings. The maximum atomic E-state index is 12.2. The Balaban J connectivity index is 2.21. The van der Waals surface area contributed by atoms with Crippen LogP contribution in [-0.4, -0.2) is 36.6 Å². The van der Waals surface area contributed by atoms with Crippen molar-refractivity contribution in [2.45, 2.75) is 19.1 Å². The van der Waals surface area contributed by atoms with E-state index in [1.807, 2.05) is 0 Å². The van der Waals surface area contributed by atoms with Gasteiger partial charge in [0.2, 0.25) is 0 Å². The molecule has 0 aliphatic carbocycles. The first-order valence-corrected chi connectivity index (χ1v) is 5.34. The number of nitrogens with one attached hydrogen (secondary N) is 1. The van der Waals surface area contributed by atoms with Crippen LogP contribution >= 0.6 is 0 Å². The number of alkyl halides is 3. The number of aryl methyl sites for hydroxylation is 1. The van der Waals surface area contributed by atoms with Crippen LogP contribution in [0.1, 0.15) is 12.1 Å². The topological polar surface area (TPSA) is 39.1 Å². The zero-order valence-electron chi connectivity index (χ0n) is 9.63. The highest BCUT2D eigenvalue weighted by atomic mass is 19.4. The molecule has 17 heavy (non-hydrogen) atoms. The summed E-state index contributed by atoms with van der Waals surface area (Å²) in [7, 11) is 1.62. The Morgan fingerprint density at radius 1 is 1.41 bits per heavy atom. The molecule has 1 aromatic rings. The molecule has 0 bridgehead atoms. The maximum absolute atomic E-state index is 12.2. The zero-order valence-corrected chi connectivity index (χ0v) is 9.63. The molecule has 1 rings (SSSR count). The molecule has 0 aromatic carbocycles. The van der Waals surface area contributed by atoms with Crippen LogP contribution in [0.2, 0.25) is 0 Å². The van der Waals surface area contributed by atoms with Gasteiger partial charge in [-0.05, 0) is 19.0 Å². The smallest absolute Gasteiger partial charge is 0.383 e. The largest absolute Gasteiger partial charge is 0.435 e. The van der Waals surface area contributed by atoms with Gasteiger partial charge in [0.05, 0.1) is 6.61 Å². The summed E-state index contributed by atoms with van der Waals surface area (Å²) in [6.45, 7) is 2.56. The molecule has 0 aliphatic rings. The molecular weight excluding hydrogens is 235 g/mol. The Morgan fingerprint density at radius 3 is 2.76 bits per heavy atom. The number of hydrogen-bond donors (Lipinski definition) is 1. The summed E-state index contributed by atoms with van der Waals surface area (Å²) in [5.74, 6) is 0. The van der Waals surface area contributed by atoms with E-state index in [2.05, 4.69) is 10.4 Å². The Hall–Kier alpha value is -1.08. The summed E-state index contributed by atoms with van der Waals surface area (Å²) in [4.78, 5) is 0. The minimum absolute atomic E-state index is 0.468. The van der Waals surface area contributed by atoms with Gasteiger partial charge in [-0.3, -0.25) is 4.68 Å². The number of ether oxygens (including phenoxy) is 1. The van der Waals surface area contributed by atoms with Crippen LogP contribution in [0.5, 0.6) is 0 Å². The van der Waals surface area contributed by atoms with E-state index in [-0.39, 0.29) is 0 Å². The highest BCUT2D eigenvalue weighted by Crippen LogP contribution is 2.27. The Bertz CT molecular complexity index is 325. The minimum Gasteiger partial charge on any atom is -0.383 e. The van der Waals surface area contributed by atoms with Crippen molar-refractivity contribution in [2.75, 3.05) is 26.8 Å². The van der Waals surface area contributed by atoms with Crippen molar-refractivity contribution in [3.8, 4) is 0 Å². The molecule has 0 saturated heterocycles. The molecule has 0 unspecified atom stereocenters. The van der Waals surface area contributed by atoms with Gasteiger partial charge in [0.1, 0.15) is 0 Å². The zero-order chi connectivity index (χ0) is 12.7. The van der Waals surface area contributed by atoms with Crippen LogP contribution in [0.4, 0.5) is 13.2 Å². The van der Waals surface area contributed by atoms with Gasteiger partial charge in [0.25, 0.3) is 0 Å². The minimum atomic E-state index is -4.36. The molecule has 7 heteroatoms. The molecule has 0 atom stereocenters. The normalized spacial score (nSPS) is 12.0.